The van der Waals surface area contributed by atoms with Crippen LogP contribution in [0.1, 0.15) is 162 Å². The van der Waals surface area contributed by atoms with E-state index in [0.717, 1.165) is 77.0 Å². The van der Waals surface area contributed by atoms with E-state index in [0.29, 0.717) is 13.0 Å². The maximum Gasteiger partial charge on any atom is 0.472 e. The summed E-state index contributed by atoms with van der Waals surface area (Å²) < 4.78 is 33.3. The molecule has 0 saturated carbocycles. The van der Waals surface area contributed by atoms with Gasteiger partial charge in [0.2, 0.25) is 0 Å². The monoisotopic (exact) mass is 738 g/mol. The second kappa shape index (κ2) is 39.4. The van der Waals surface area contributed by atoms with Gasteiger partial charge in [0.25, 0.3) is 0 Å². The third-order valence-corrected chi connectivity index (χ3v) is 9.13. The summed E-state index contributed by atoms with van der Waals surface area (Å²) in [6.45, 7) is 4.70. The van der Waals surface area contributed by atoms with Crippen LogP contribution in [0.25, 0.3) is 0 Å². The molecule has 8 nitrogen and oxygen atoms in total. The van der Waals surface area contributed by atoms with Gasteiger partial charge < -0.3 is 20.1 Å². The second-order valence-electron chi connectivity index (χ2n) is 13.1. The van der Waals surface area contributed by atoms with Crippen LogP contribution in [0.15, 0.2) is 60.8 Å². The summed E-state index contributed by atoms with van der Waals surface area (Å²) >= 11 is 0. The molecular formula is C42H76NO7P. The highest BCUT2D eigenvalue weighted by Crippen LogP contribution is 2.43. The minimum absolute atomic E-state index is 0.0955. The van der Waals surface area contributed by atoms with Crippen molar-refractivity contribution in [2.75, 3.05) is 33.0 Å². The van der Waals surface area contributed by atoms with Crippen LogP contribution in [0, 0.1) is 0 Å². The van der Waals surface area contributed by atoms with Crippen molar-refractivity contribution in [2.45, 2.75) is 168 Å². The van der Waals surface area contributed by atoms with E-state index < -0.39 is 13.9 Å². The number of hydrogen-bond donors (Lipinski definition) is 2. The van der Waals surface area contributed by atoms with Gasteiger partial charge in [-0.15, -0.1) is 0 Å². The number of rotatable bonds is 38. The molecule has 296 valence electrons. The Kier molecular flexibility index (Phi) is 38.0. The van der Waals surface area contributed by atoms with Gasteiger partial charge in [-0.25, -0.2) is 4.57 Å². The standard InChI is InChI=1S/C42H76NO7P/c1-3-5-7-9-11-13-15-16-17-18-19-20-21-22-23-24-25-26-28-30-32-34-37-47-39-41(40-49-51(45,46)48-38-36-43)50-42(44)35-33-31-29-27-14-12-10-8-6-4-2/h5,7-8,10-11,13,16-17,19-20,41H,3-4,6,9,12,14-15,18,21-40,43H2,1-2H3,(H,45,46)/b7-5-,10-8-,13-11-,17-16-,20-19-. The van der Waals surface area contributed by atoms with Gasteiger partial charge in [-0.3, -0.25) is 13.8 Å². The van der Waals surface area contributed by atoms with Gasteiger partial charge >= 0.3 is 13.8 Å². The number of carbonyl (C=O) groups is 1. The molecule has 0 rings (SSSR count). The molecule has 2 unspecified atom stereocenters. The predicted molar refractivity (Wildman–Crippen MR) is 215 cm³/mol. The Labute approximate surface area is 313 Å². The predicted octanol–water partition coefficient (Wildman–Crippen LogP) is 11.8. The maximum atomic E-state index is 12.5. The van der Waals surface area contributed by atoms with Crippen molar-refractivity contribution < 1.29 is 32.8 Å². The highest BCUT2D eigenvalue weighted by Gasteiger charge is 2.25. The van der Waals surface area contributed by atoms with Crippen LogP contribution in [-0.2, 0) is 27.9 Å². The molecule has 0 aliphatic heterocycles. The van der Waals surface area contributed by atoms with Crippen molar-refractivity contribution >= 4 is 13.8 Å². The lowest BCUT2D eigenvalue weighted by atomic mass is 10.1. The zero-order valence-electron chi connectivity index (χ0n) is 32.6. The molecule has 0 saturated heterocycles. The number of hydrogen-bond acceptors (Lipinski definition) is 7. The Balaban J connectivity index is 4.00. The molecule has 0 radical (unpaired) electrons. The van der Waals surface area contributed by atoms with E-state index in [9.17, 15) is 14.3 Å². The second-order valence-corrected chi connectivity index (χ2v) is 14.6. The van der Waals surface area contributed by atoms with Gasteiger partial charge in [0.1, 0.15) is 6.10 Å². The highest BCUT2D eigenvalue weighted by molar-refractivity contribution is 7.47. The van der Waals surface area contributed by atoms with Crippen LogP contribution >= 0.6 is 7.82 Å². The molecule has 2 atom stereocenters. The van der Waals surface area contributed by atoms with E-state index in [4.69, 9.17) is 24.3 Å². The third kappa shape index (κ3) is 39.2. The molecule has 51 heavy (non-hydrogen) atoms. The molecule has 0 amide bonds. The summed E-state index contributed by atoms with van der Waals surface area (Å²) in [6.07, 6.45) is 46.7. The lowest BCUT2D eigenvalue weighted by Crippen LogP contribution is -2.28. The summed E-state index contributed by atoms with van der Waals surface area (Å²) in [5.41, 5.74) is 5.35. The zero-order valence-corrected chi connectivity index (χ0v) is 33.5. The molecule has 0 aliphatic carbocycles. The van der Waals surface area contributed by atoms with E-state index in [1.54, 1.807) is 0 Å². The zero-order chi connectivity index (χ0) is 37.4. The fourth-order valence-electron chi connectivity index (χ4n) is 5.22. The molecule has 0 fully saturated rings. The topological polar surface area (TPSA) is 117 Å². The molecule has 0 spiro atoms. The third-order valence-electron chi connectivity index (χ3n) is 8.15. The molecule has 0 aromatic heterocycles. The summed E-state index contributed by atoms with van der Waals surface area (Å²) in [5.74, 6) is -0.347. The first-order valence-corrected chi connectivity index (χ1v) is 21.8. The van der Waals surface area contributed by atoms with Gasteiger partial charge in [-0.1, -0.05) is 145 Å². The Morgan fingerprint density at radius 1 is 0.608 bits per heavy atom. The molecule has 0 bridgehead atoms. The summed E-state index contributed by atoms with van der Waals surface area (Å²) in [7, 11) is -4.28. The van der Waals surface area contributed by atoms with E-state index >= 15 is 0 Å². The quantitative estimate of drug-likeness (QED) is 0.0278. The van der Waals surface area contributed by atoms with Crippen LogP contribution in [-0.4, -0.2) is 49.9 Å². The summed E-state index contributed by atoms with van der Waals surface area (Å²) in [5, 5.41) is 0. The number of phosphoric ester groups is 1. The normalized spacial score (nSPS) is 14.2. The van der Waals surface area contributed by atoms with Gasteiger partial charge in [-0.2, -0.15) is 0 Å². The van der Waals surface area contributed by atoms with Crippen LogP contribution in [0.2, 0.25) is 0 Å². The molecule has 0 heterocycles. The Morgan fingerprint density at radius 3 is 1.67 bits per heavy atom. The largest absolute Gasteiger partial charge is 0.472 e. The summed E-state index contributed by atoms with van der Waals surface area (Å²) in [4.78, 5) is 22.3. The molecular weight excluding hydrogens is 661 g/mol. The van der Waals surface area contributed by atoms with Gasteiger partial charge in [0.05, 0.1) is 19.8 Å². The number of allylic oxidation sites excluding steroid dienone is 10. The first kappa shape index (κ1) is 49.2. The van der Waals surface area contributed by atoms with E-state index in [2.05, 4.69) is 74.6 Å². The average Bonchev–Trinajstić information content (AvgIpc) is 3.12. The van der Waals surface area contributed by atoms with Gasteiger partial charge in [0, 0.05) is 19.6 Å². The van der Waals surface area contributed by atoms with Crippen molar-refractivity contribution in [3.05, 3.63) is 60.8 Å². The lowest BCUT2D eigenvalue weighted by molar-refractivity contribution is -0.154. The van der Waals surface area contributed by atoms with Crippen LogP contribution in [0.3, 0.4) is 0 Å². The highest BCUT2D eigenvalue weighted by atomic mass is 31.2. The van der Waals surface area contributed by atoms with Crippen molar-refractivity contribution in [2.24, 2.45) is 5.73 Å². The molecule has 0 aliphatic rings. The minimum atomic E-state index is -4.28. The Hall–Kier alpha value is -1.80. The van der Waals surface area contributed by atoms with E-state index in [1.807, 2.05) is 0 Å². The number of carbonyl (C=O) groups excluding carboxylic acids is 1. The molecule has 9 heteroatoms. The Morgan fingerprint density at radius 2 is 1.10 bits per heavy atom. The molecule has 0 aromatic rings. The SMILES string of the molecule is CC/C=C\C/C=C\C/C=C\C/C=C\CCCCCCCCCCCOCC(COP(=O)(O)OCCN)OC(=O)CCCCCCC/C=C\CCC. The van der Waals surface area contributed by atoms with Crippen LogP contribution in [0.4, 0.5) is 0 Å². The molecule has 3 N–H and O–H groups in total. The Bertz CT molecular complexity index is 963. The first-order valence-electron chi connectivity index (χ1n) is 20.3. The minimum Gasteiger partial charge on any atom is -0.457 e. The average molecular weight is 738 g/mol. The van der Waals surface area contributed by atoms with Crippen LogP contribution in [0.5, 0.6) is 0 Å². The maximum absolute atomic E-state index is 12.5. The van der Waals surface area contributed by atoms with Gasteiger partial charge in [-0.05, 0) is 70.6 Å². The molecule has 0 aromatic carbocycles. The number of phosphoric acid groups is 1. The lowest BCUT2D eigenvalue weighted by Gasteiger charge is -2.20. The van der Waals surface area contributed by atoms with Crippen LogP contribution < -0.4 is 5.73 Å². The fraction of sp³-hybridized carbons (Fsp3) is 0.738. The van der Waals surface area contributed by atoms with Crippen molar-refractivity contribution in [3.8, 4) is 0 Å². The number of nitrogens with two attached hydrogens (primary N) is 1. The van der Waals surface area contributed by atoms with Gasteiger partial charge in [0.15, 0.2) is 0 Å². The van der Waals surface area contributed by atoms with E-state index in [-0.39, 0.29) is 32.3 Å². The first-order chi connectivity index (χ1) is 24.9. The fourth-order valence-corrected chi connectivity index (χ4v) is 5.99. The number of esters is 1. The van der Waals surface area contributed by atoms with E-state index in [1.165, 1.54) is 64.2 Å². The smallest absolute Gasteiger partial charge is 0.457 e. The van der Waals surface area contributed by atoms with Crippen molar-refractivity contribution in [1.82, 2.24) is 0 Å². The number of unbranched alkanes of at least 4 members (excludes halogenated alkanes) is 15. The number of ether oxygens (including phenoxy) is 2. The summed E-state index contributed by atoms with van der Waals surface area (Å²) in [6, 6.07) is 0. The van der Waals surface area contributed by atoms with Crippen molar-refractivity contribution in [3.63, 3.8) is 0 Å². The van der Waals surface area contributed by atoms with Crippen molar-refractivity contribution in [1.29, 1.82) is 0 Å².